The molecule has 0 fully saturated rings. The highest BCUT2D eigenvalue weighted by Gasteiger charge is 2.21. The largest absolute Gasteiger partial charge is 0.488 e. The number of ether oxygens (including phenoxy) is 1. The van der Waals surface area contributed by atoms with Gasteiger partial charge in [-0.15, -0.1) is 0 Å². The van der Waals surface area contributed by atoms with Crippen LogP contribution in [0.5, 0.6) is 5.75 Å². The van der Waals surface area contributed by atoms with E-state index in [1.54, 1.807) is 6.20 Å². The van der Waals surface area contributed by atoms with Crippen molar-refractivity contribution >= 4 is 76.9 Å². The lowest BCUT2D eigenvalue weighted by Crippen LogP contribution is -2.18. The molecule has 0 saturated heterocycles. The maximum Gasteiger partial charge on any atom is 0.159 e. The molecule has 4 aromatic rings. The smallest absolute Gasteiger partial charge is 0.159 e. The van der Waals surface area contributed by atoms with Crippen molar-refractivity contribution in [2.45, 2.75) is 19.4 Å². The summed E-state index contributed by atoms with van der Waals surface area (Å²) in [6.07, 6.45) is 3.68. The Morgan fingerprint density at radius 1 is 1.10 bits per heavy atom. The monoisotopic (exact) mass is 581 g/mol. The van der Waals surface area contributed by atoms with Gasteiger partial charge in [0, 0.05) is 45.1 Å². The van der Waals surface area contributed by atoms with Crippen LogP contribution in [0.2, 0.25) is 10.0 Å². The van der Waals surface area contributed by atoms with E-state index in [1.807, 2.05) is 30.3 Å². The Balaban J connectivity index is 1.51. The van der Waals surface area contributed by atoms with Gasteiger partial charge in [-0.2, -0.15) is 0 Å². The van der Waals surface area contributed by atoms with Gasteiger partial charge < -0.3 is 14.6 Å². The van der Waals surface area contributed by atoms with E-state index in [9.17, 15) is 0 Å². The Morgan fingerprint density at radius 2 is 1.94 bits per heavy atom. The minimum Gasteiger partial charge on any atom is -0.488 e. The number of benzene rings is 2. The predicted molar refractivity (Wildman–Crippen MR) is 135 cm³/mol. The average molecular weight is 584 g/mol. The highest BCUT2D eigenvalue weighted by molar-refractivity contribution is 9.11. The van der Waals surface area contributed by atoms with Crippen LogP contribution in [0, 0.1) is 0 Å². The minimum atomic E-state index is 0.500. The SMILES string of the molecule is Clc1cc(Cl)c2c3c(n(CCOc4c(Br)cc(Br)c5cccnc45)c2c1)CCNCC3. The zero-order valence-electron chi connectivity index (χ0n) is 16.5. The van der Waals surface area contributed by atoms with E-state index in [1.165, 1.54) is 11.3 Å². The third-order valence-corrected chi connectivity index (χ3v) is 7.46. The maximum absolute atomic E-state index is 6.63. The first-order valence-electron chi connectivity index (χ1n) is 10.1. The molecule has 0 spiro atoms. The summed E-state index contributed by atoms with van der Waals surface area (Å²) in [5, 5.41) is 6.98. The van der Waals surface area contributed by atoms with Crippen molar-refractivity contribution in [2.24, 2.45) is 0 Å². The predicted octanol–water partition coefficient (Wildman–Crippen LogP) is 6.79. The third kappa shape index (κ3) is 3.98. The molecule has 2 aromatic heterocycles. The number of nitrogens with zero attached hydrogens (tertiary/aromatic N) is 2. The second-order valence-corrected chi connectivity index (χ2v) is 10.1. The van der Waals surface area contributed by atoms with Crippen LogP contribution in [-0.4, -0.2) is 29.2 Å². The van der Waals surface area contributed by atoms with E-state index in [0.29, 0.717) is 23.2 Å². The van der Waals surface area contributed by atoms with Gasteiger partial charge >= 0.3 is 0 Å². The molecule has 0 radical (unpaired) electrons. The number of pyridine rings is 1. The Morgan fingerprint density at radius 3 is 2.81 bits per heavy atom. The fourth-order valence-electron chi connectivity index (χ4n) is 4.40. The first kappa shape index (κ1) is 21.5. The highest BCUT2D eigenvalue weighted by Crippen LogP contribution is 2.38. The van der Waals surface area contributed by atoms with Gasteiger partial charge in [-0.1, -0.05) is 45.2 Å². The Bertz CT molecular complexity index is 1310. The van der Waals surface area contributed by atoms with Gasteiger partial charge in [-0.25, -0.2) is 0 Å². The zero-order chi connectivity index (χ0) is 21.5. The fourth-order valence-corrected chi connectivity index (χ4v) is 6.39. The van der Waals surface area contributed by atoms with Gasteiger partial charge in [0.15, 0.2) is 5.75 Å². The van der Waals surface area contributed by atoms with E-state index in [-0.39, 0.29) is 0 Å². The van der Waals surface area contributed by atoms with Crippen molar-refractivity contribution in [3.63, 3.8) is 0 Å². The van der Waals surface area contributed by atoms with Gasteiger partial charge in [0.2, 0.25) is 0 Å². The third-order valence-electron chi connectivity index (χ3n) is 5.70. The normalized spacial score (nSPS) is 14.1. The molecule has 1 N–H and O–H groups in total. The van der Waals surface area contributed by atoms with Crippen molar-refractivity contribution in [1.29, 1.82) is 0 Å². The summed E-state index contributed by atoms with van der Waals surface area (Å²) in [7, 11) is 0. The quantitative estimate of drug-likeness (QED) is 0.288. The van der Waals surface area contributed by atoms with Crippen LogP contribution in [0.4, 0.5) is 0 Å². The molecule has 8 heteroatoms. The van der Waals surface area contributed by atoms with Crippen LogP contribution in [0.1, 0.15) is 11.3 Å². The number of aromatic nitrogens is 2. The molecule has 0 atom stereocenters. The lowest BCUT2D eigenvalue weighted by molar-refractivity contribution is 0.300. The molecule has 31 heavy (non-hydrogen) atoms. The average Bonchev–Trinajstić information content (AvgIpc) is 2.88. The van der Waals surface area contributed by atoms with E-state index in [0.717, 1.165) is 62.4 Å². The van der Waals surface area contributed by atoms with E-state index < -0.39 is 0 Å². The molecule has 1 aliphatic heterocycles. The summed E-state index contributed by atoms with van der Waals surface area (Å²) < 4.78 is 10.4. The Hall–Kier alpha value is -1.31. The van der Waals surface area contributed by atoms with Crippen LogP contribution < -0.4 is 10.1 Å². The second-order valence-electron chi connectivity index (χ2n) is 7.53. The number of halogens is 4. The van der Waals surface area contributed by atoms with Crippen LogP contribution >= 0.6 is 55.1 Å². The maximum atomic E-state index is 6.63. The molecule has 2 aromatic carbocycles. The molecule has 160 valence electrons. The summed E-state index contributed by atoms with van der Waals surface area (Å²) >= 11 is 20.2. The van der Waals surface area contributed by atoms with Crippen molar-refractivity contribution in [3.05, 3.63) is 66.8 Å². The first-order valence-corrected chi connectivity index (χ1v) is 12.4. The number of rotatable bonds is 4. The van der Waals surface area contributed by atoms with Gasteiger partial charge in [-0.05, 0) is 58.7 Å². The summed E-state index contributed by atoms with van der Waals surface area (Å²) in [5.74, 6) is 0.749. The standard InChI is InChI=1S/C23H19Br2Cl2N3O/c24-16-12-17(25)23(22-14(16)2-1-5-29-22)31-9-8-30-19-4-7-28-6-3-15(19)21-18(27)10-13(26)11-20(21)30/h1-2,5,10-12,28H,3-4,6-9H2. The van der Waals surface area contributed by atoms with Crippen LogP contribution in [0.25, 0.3) is 21.8 Å². The van der Waals surface area contributed by atoms with Crippen molar-refractivity contribution in [2.75, 3.05) is 19.7 Å². The molecule has 3 heterocycles. The second kappa shape index (κ2) is 8.91. The van der Waals surface area contributed by atoms with Crippen LogP contribution in [0.3, 0.4) is 0 Å². The number of nitrogens with one attached hydrogen (secondary N) is 1. The zero-order valence-corrected chi connectivity index (χ0v) is 21.2. The molecule has 0 aliphatic carbocycles. The first-order chi connectivity index (χ1) is 15.0. The summed E-state index contributed by atoms with van der Waals surface area (Å²) in [6, 6.07) is 9.80. The van der Waals surface area contributed by atoms with Gasteiger partial charge in [0.05, 0.1) is 21.6 Å². The molecule has 0 unspecified atom stereocenters. The van der Waals surface area contributed by atoms with Gasteiger partial charge in [0.1, 0.15) is 12.1 Å². The number of fused-ring (bicyclic) bond motifs is 4. The Kier molecular flexibility index (Phi) is 6.19. The topological polar surface area (TPSA) is 39.1 Å². The number of hydrogen-bond donors (Lipinski definition) is 1. The fraction of sp³-hybridized carbons (Fsp3) is 0.261. The molecule has 4 nitrogen and oxygen atoms in total. The molecular formula is C23H19Br2Cl2N3O. The minimum absolute atomic E-state index is 0.500. The molecule has 1 aliphatic rings. The summed E-state index contributed by atoms with van der Waals surface area (Å²) in [4.78, 5) is 4.54. The lowest BCUT2D eigenvalue weighted by atomic mass is 10.1. The van der Waals surface area contributed by atoms with Crippen molar-refractivity contribution in [3.8, 4) is 5.75 Å². The molecule has 0 amide bonds. The Labute approximate surface area is 207 Å². The molecular weight excluding hydrogens is 565 g/mol. The summed E-state index contributed by atoms with van der Waals surface area (Å²) in [6.45, 7) is 3.09. The summed E-state index contributed by atoms with van der Waals surface area (Å²) in [5.41, 5.74) is 4.53. The highest BCUT2D eigenvalue weighted by atomic mass is 79.9. The molecule has 5 rings (SSSR count). The van der Waals surface area contributed by atoms with E-state index in [2.05, 4.69) is 46.7 Å². The van der Waals surface area contributed by atoms with E-state index in [4.69, 9.17) is 27.9 Å². The lowest BCUT2D eigenvalue weighted by Gasteiger charge is -2.15. The van der Waals surface area contributed by atoms with Crippen molar-refractivity contribution < 1.29 is 4.74 Å². The van der Waals surface area contributed by atoms with Crippen LogP contribution in [-0.2, 0) is 19.4 Å². The molecule has 0 bridgehead atoms. The van der Waals surface area contributed by atoms with Gasteiger partial charge in [0.25, 0.3) is 0 Å². The van der Waals surface area contributed by atoms with Crippen molar-refractivity contribution in [1.82, 2.24) is 14.9 Å². The van der Waals surface area contributed by atoms with Gasteiger partial charge in [-0.3, -0.25) is 4.98 Å². The number of hydrogen-bond acceptors (Lipinski definition) is 3. The van der Waals surface area contributed by atoms with E-state index >= 15 is 0 Å². The molecule has 0 saturated carbocycles. The van der Waals surface area contributed by atoms with Crippen LogP contribution in [0.15, 0.2) is 45.5 Å².